The number of unbranched alkanes of at least 4 members (excludes halogenated alkanes) is 11. The smallest absolute Gasteiger partial charge is 0.240 e. The molecule has 1 atom stereocenters. The Bertz CT molecular complexity index is 351. The first-order chi connectivity index (χ1) is 11.9. The van der Waals surface area contributed by atoms with Crippen molar-refractivity contribution in [3.05, 3.63) is 12.2 Å². The Balaban J connectivity index is 3.39. The number of rotatable bonds is 17. The third-order valence-electron chi connectivity index (χ3n) is 4.63. The maximum absolute atomic E-state index is 11.6. The molecule has 0 saturated heterocycles. The van der Waals surface area contributed by atoms with Crippen LogP contribution in [0.4, 0.5) is 0 Å². The molecule has 0 aromatic heterocycles. The van der Waals surface area contributed by atoms with Gasteiger partial charge in [0.05, 0.1) is 5.38 Å². The van der Waals surface area contributed by atoms with Crippen molar-refractivity contribution < 1.29 is 15.0 Å². The Morgan fingerprint density at radius 1 is 0.880 bits per heavy atom. The van der Waals surface area contributed by atoms with Crippen LogP contribution in [0.3, 0.4) is 0 Å². The summed E-state index contributed by atoms with van der Waals surface area (Å²) >= 11 is 5.61. The fraction of sp³-hybridized carbons (Fsp3) is 0.857. The number of aliphatic hydroxyl groups is 2. The van der Waals surface area contributed by atoms with Crippen molar-refractivity contribution in [3.8, 4) is 0 Å². The molecule has 1 unspecified atom stereocenters. The summed E-state index contributed by atoms with van der Waals surface area (Å²) in [5, 5.41) is 18.1. The summed E-state index contributed by atoms with van der Waals surface area (Å²) in [5.41, 5.74) is 0. The molecule has 25 heavy (non-hydrogen) atoms. The van der Waals surface area contributed by atoms with Crippen LogP contribution in [0.2, 0.25) is 0 Å². The van der Waals surface area contributed by atoms with E-state index in [0.29, 0.717) is 6.42 Å². The minimum Gasteiger partial charge on any atom is -0.359 e. The van der Waals surface area contributed by atoms with E-state index in [-0.39, 0.29) is 6.42 Å². The van der Waals surface area contributed by atoms with Crippen LogP contribution in [0, 0.1) is 0 Å². The minimum absolute atomic E-state index is 0.183. The van der Waals surface area contributed by atoms with E-state index in [1.165, 1.54) is 58.3 Å². The number of allylic oxidation sites excluding steroid dienone is 2. The molecule has 0 spiro atoms. The molecule has 0 saturated carbocycles. The summed E-state index contributed by atoms with van der Waals surface area (Å²) in [6.07, 6.45) is 20.3. The quantitative estimate of drug-likeness (QED) is 0.144. The van der Waals surface area contributed by atoms with Gasteiger partial charge in [-0.05, 0) is 39.0 Å². The number of hydrogen-bond donors (Lipinski definition) is 2. The Morgan fingerprint density at radius 2 is 1.32 bits per heavy atom. The van der Waals surface area contributed by atoms with Crippen LogP contribution >= 0.6 is 11.6 Å². The van der Waals surface area contributed by atoms with Crippen LogP contribution in [0.1, 0.15) is 104 Å². The van der Waals surface area contributed by atoms with E-state index in [1.807, 2.05) is 0 Å². The zero-order valence-corrected chi connectivity index (χ0v) is 17.1. The zero-order valence-electron chi connectivity index (χ0n) is 16.3. The second-order valence-corrected chi connectivity index (χ2v) is 7.75. The largest absolute Gasteiger partial charge is 0.359 e. The van der Waals surface area contributed by atoms with Crippen LogP contribution in [0.15, 0.2) is 12.2 Å². The molecule has 0 aromatic rings. The van der Waals surface area contributed by atoms with E-state index in [1.54, 1.807) is 0 Å². The molecule has 148 valence electrons. The molecular weight excluding hydrogens is 336 g/mol. The second-order valence-electron chi connectivity index (χ2n) is 7.10. The number of hydrogen-bond acceptors (Lipinski definition) is 3. The Kier molecular flexibility index (Phi) is 15.6. The van der Waals surface area contributed by atoms with Crippen molar-refractivity contribution in [2.45, 2.75) is 115 Å². The molecule has 2 N–H and O–H groups in total. The number of ketones is 1. The summed E-state index contributed by atoms with van der Waals surface area (Å²) < 4.78 is 0. The number of alkyl halides is 1. The van der Waals surface area contributed by atoms with Crippen LogP contribution in [-0.4, -0.2) is 27.2 Å². The van der Waals surface area contributed by atoms with Gasteiger partial charge in [-0.2, -0.15) is 0 Å². The van der Waals surface area contributed by atoms with Crippen molar-refractivity contribution in [1.82, 2.24) is 0 Å². The van der Waals surface area contributed by atoms with Gasteiger partial charge in [0.25, 0.3) is 0 Å². The summed E-state index contributed by atoms with van der Waals surface area (Å²) in [4.78, 5) is 11.6. The molecule has 0 rings (SSSR count). The maximum Gasteiger partial charge on any atom is 0.240 e. The first-order valence-corrected chi connectivity index (χ1v) is 10.6. The van der Waals surface area contributed by atoms with Crippen LogP contribution in [-0.2, 0) is 4.79 Å². The lowest BCUT2D eigenvalue weighted by Gasteiger charge is -2.22. The highest BCUT2D eigenvalue weighted by Crippen LogP contribution is 2.18. The number of carbonyl (C=O) groups excluding carboxylic acids is 1. The van der Waals surface area contributed by atoms with Gasteiger partial charge in [-0.3, -0.25) is 4.79 Å². The van der Waals surface area contributed by atoms with E-state index >= 15 is 0 Å². The number of halogens is 1. The fourth-order valence-corrected chi connectivity index (χ4v) is 2.88. The third kappa shape index (κ3) is 13.5. The molecule has 0 aliphatic carbocycles. The van der Waals surface area contributed by atoms with E-state index in [2.05, 4.69) is 19.1 Å². The number of carbonyl (C=O) groups is 1. The molecule has 0 aromatic carbocycles. The van der Waals surface area contributed by atoms with E-state index in [9.17, 15) is 15.0 Å². The Morgan fingerprint density at radius 3 is 1.80 bits per heavy atom. The molecule has 0 aliphatic heterocycles. The van der Waals surface area contributed by atoms with Crippen LogP contribution < -0.4 is 0 Å². The Labute approximate surface area is 159 Å². The Hall–Kier alpha value is -0.380. The van der Waals surface area contributed by atoms with Gasteiger partial charge in [0.2, 0.25) is 5.79 Å². The second kappa shape index (κ2) is 15.8. The highest BCUT2D eigenvalue weighted by molar-refractivity contribution is 6.22. The van der Waals surface area contributed by atoms with Gasteiger partial charge in [0.15, 0.2) is 5.78 Å². The highest BCUT2D eigenvalue weighted by atomic mass is 35.5. The van der Waals surface area contributed by atoms with Gasteiger partial charge in [-0.1, -0.05) is 70.4 Å². The van der Waals surface area contributed by atoms with Gasteiger partial charge in [0.1, 0.15) is 0 Å². The van der Waals surface area contributed by atoms with Gasteiger partial charge in [-0.25, -0.2) is 0 Å². The van der Waals surface area contributed by atoms with Crippen LogP contribution in [0.5, 0.6) is 0 Å². The average Bonchev–Trinajstić information content (AvgIpc) is 2.57. The monoisotopic (exact) mass is 374 g/mol. The molecule has 0 bridgehead atoms. The molecule has 4 heteroatoms. The van der Waals surface area contributed by atoms with Crippen molar-refractivity contribution in [2.24, 2.45) is 0 Å². The molecular formula is C21H39ClO3. The van der Waals surface area contributed by atoms with Crippen molar-refractivity contribution in [3.63, 3.8) is 0 Å². The average molecular weight is 375 g/mol. The van der Waals surface area contributed by atoms with Gasteiger partial charge < -0.3 is 10.2 Å². The van der Waals surface area contributed by atoms with Gasteiger partial charge >= 0.3 is 0 Å². The SMILES string of the molecule is CCCCCCCC/C=C\CCCCCCCC(=O)C(O)(O)C(C)Cl. The summed E-state index contributed by atoms with van der Waals surface area (Å²) in [6, 6.07) is 0. The van der Waals surface area contributed by atoms with Crippen molar-refractivity contribution in [1.29, 1.82) is 0 Å². The molecule has 0 radical (unpaired) electrons. The summed E-state index contributed by atoms with van der Waals surface area (Å²) in [6.45, 7) is 3.66. The van der Waals surface area contributed by atoms with Crippen molar-refractivity contribution in [2.75, 3.05) is 0 Å². The maximum atomic E-state index is 11.6. The van der Waals surface area contributed by atoms with E-state index in [0.717, 1.165) is 25.7 Å². The lowest BCUT2D eigenvalue weighted by atomic mass is 10.0. The fourth-order valence-electron chi connectivity index (χ4n) is 2.76. The predicted octanol–water partition coefficient (Wildman–Crippen LogP) is 5.90. The lowest BCUT2D eigenvalue weighted by molar-refractivity contribution is -0.182. The molecule has 0 aliphatic rings. The minimum atomic E-state index is -2.39. The molecule has 3 nitrogen and oxygen atoms in total. The molecule has 0 heterocycles. The van der Waals surface area contributed by atoms with Gasteiger partial charge in [-0.15, -0.1) is 11.6 Å². The first kappa shape index (κ1) is 24.6. The van der Waals surface area contributed by atoms with E-state index in [4.69, 9.17) is 11.6 Å². The predicted molar refractivity (Wildman–Crippen MR) is 107 cm³/mol. The normalized spacial score (nSPS) is 13.5. The zero-order chi connectivity index (χ0) is 19.0. The summed E-state index contributed by atoms with van der Waals surface area (Å²) in [5.74, 6) is -2.96. The van der Waals surface area contributed by atoms with Crippen molar-refractivity contribution >= 4 is 17.4 Å². The topological polar surface area (TPSA) is 57.5 Å². The van der Waals surface area contributed by atoms with Crippen LogP contribution in [0.25, 0.3) is 0 Å². The van der Waals surface area contributed by atoms with E-state index < -0.39 is 16.9 Å². The summed E-state index contributed by atoms with van der Waals surface area (Å²) in [7, 11) is 0. The molecule has 0 fully saturated rings. The number of Topliss-reactive ketones (excluding diaryl/α,β-unsaturated/α-hetero) is 1. The van der Waals surface area contributed by atoms with Gasteiger partial charge in [0, 0.05) is 6.42 Å². The lowest BCUT2D eigenvalue weighted by Crippen LogP contribution is -2.45. The molecule has 0 amide bonds. The highest BCUT2D eigenvalue weighted by Gasteiger charge is 2.37. The third-order valence-corrected chi connectivity index (χ3v) is 4.93. The standard InChI is InChI=1S/C21H39ClO3/c1-3-4-5-6-7-8-9-10-11-12-13-14-15-16-17-18-20(23)21(24,25)19(2)22/h10-11,19,24-25H,3-9,12-18H2,1-2H3/b11-10-. The first-order valence-electron chi connectivity index (χ1n) is 10.2.